The van der Waals surface area contributed by atoms with Crippen LogP contribution in [-0.2, 0) is 20.0 Å². The second-order valence-corrected chi connectivity index (χ2v) is 6.24. The number of benzene rings is 1. The van der Waals surface area contributed by atoms with Gasteiger partial charge in [0.1, 0.15) is 0 Å². The molecule has 0 radical (unpaired) electrons. The number of fused-ring (bicyclic) bond motifs is 1. The van der Waals surface area contributed by atoms with Gasteiger partial charge in [-0.25, -0.2) is 0 Å². The molecule has 0 fully saturated rings. The molecule has 1 aliphatic rings. The van der Waals surface area contributed by atoms with Crippen LogP contribution in [0.3, 0.4) is 0 Å². The van der Waals surface area contributed by atoms with Crippen LogP contribution in [0.4, 0.5) is 0 Å². The van der Waals surface area contributed by atoms with Crippen molar-refractivity contribution in [2.24, 2.45) is 7.05 Å². The number of hydrogen-bond donors (Lipinski definition) is 0. The van der Waals surface area contributed by atoms with Crippen LogP contribution in [0.25, 0.3) is 0 Å². The summed E-state index contributed by atoms with van der Waals surface area (Å²) in [6.07, 6.45) is 0.828. The molecule has 1 aliphatic heterocycles. The maximum atomic E-state index is 12.4. The number of aromatic nitrogens is 2. The van der Waals surface area contributed by atoms with Crippen molar-refractivity contribution in [3.8, 4) is 0 Å². The van der Waals surface area contributed by atoms with Gasteiger partial charge in [0, 0.05) is 10.6 Å². The van der Waals surface area contributed by atoms with Gasteiger partial charge in [-0.15, -0.1) is 0 Å². The van der Waals surface area contributed by atoms with Crippen molar-refractivity contribution in [3.05, 3.63) is 50.4 Å². The second-order valence-electron chi connectivity index (χ2n) is 4.99. The zero-order valence-corrected chi connectivity index (χ0v) is 13.9. The van der Waals surface area contributed by atoms with E-state index in [0.717, 1.165) is 21.4 Å². The number of nitrogens with zero attached hydrogens (tertiary/aromatic N) is 3. The Morgan fingerprint density at radius 3 is 2.52 bits per heavy atom. The Kier molecular flexibility index (Phi) is 3.56. The smallest absolute Gasteiger partial charge is 0.261 e. The highest BCUT2D eigenvalue weighted by molar-refractivity contribution is 14.1. The average molecular weight is 395 g/mol. The molecule has 21 heavy (non-hydrogen) atoms. The van der Waals surface area contributed by atoms with Gasteiger partial charge in [-0.1, -0.05) is 6.92 Å². The van der Waals surface area contributed by atoms with Gasteiger partial charge in [0.15, 0.2) is 0 Å². The minimum atomic E-state index is -0.231. The topological polar surface area (TPSA) is 55.2 Å². The zero-order chi connectivity index (χ0) is 15.1. The van der Waals surface area contributed by atoms with Gasteiger partial charge in [0.05, 0.1) is 29.1 Å². The van der Waals surface area contributed by atoms with Gasteiger partial charge in [-0.2, -0.15) is 5.10 Å². The van der Waals surface area contributed by atoms with Gasteiger partial charge in [0.2, 0.25) is 0 Å². The van der Waals surface area contributed by atoms with E-state index < -0.39 is 0 Å². The van der Waals surface area contributed by atoms with Gasteiger partial charge in [-0.3, -0.25) is 19.2 Å². The third-order valence-corrected chi connectivity index (χ3v) is 4.31. The molecule has 3 rings (SSSR count). The highest BCUT2D eigenvalue weighted by Gasteiger charge is 2.36. The number of rotatable bonds is 3. The van der Waals surface area contributed by atoms with Crippen LogP contribution >= 0.6 is 22.6 Å². The number of amides is 2. The summed E-state index contributed by atoms with van der Waals surface area (Å²) in [4.78, 5) is 26.1. The van der Waals surface area contributed by atoms with Crippen LogP contribution in [0.15, 0.2) is 24.3 Å². The molecule has 0 aliphatic carbocycles. The predicted octanol–water partition coefficient (Wildman–Crippen LogP) is 2.38. The van der Waals surface area contributed by atoms with Crippen molar-refractivity contribution < 1.29 is 9.59 Å². The molecule has 0 unspecified atom stereocenters. The van der Waals surface area contributed by atoms with E-state index >= 15 is 0 Å². The number of carbonyl (C=O) groups excluding carboxylic acids is 2. The van der Waals surface area contributed by atoms with E-state index in [1.807, 2.05) is 26.1 Å². The fourth-order valence-corrected chi connectivity index (χ4v) is 2.95. The van der Waals surface area contributed by atoms with E-state index in [1.54, 1.807) is 16.8 Å². The summed E-state index contributed by atoms with van der Waals surface area (Å²) >= 11 is 2.14. The lowest BCUT2D eigenvalue weighted by Gasteiger charge is -2.13. The maximum Gasteiger partial charge on any atom is 0.261 e. The van der Waals surface area contributed by atoms with Crippen LogP contribution in [0.1, 0.15) is 39.0 Å². The molecule has 0 atom stereocenters. The van der Waals surface area contributed by atoms with E-state index in [0.29, 0.717) is 11.1 Å². The molecule has 2 heterocycles. The molecular weight excluding hydrogens is 381 g/mol. The number of aryl methyl sites for hydroxylation is 2. The van der Waals surface area contributed by atoms with Gasteiger partial charge < -0.3 is 0 Å². The highest BCUT2D eigenvalue weighted by Crippen LogP contribution is 2.26. The fourth-order valence-electron chi connectivity index (χ4n) is 2.46. The summed E-state index contributed by atoms with van der Waals surface area (Å²) in [7, 11) is 1.83. The van der Waals surface area contributed by atoms with Gasteiger partial charge >= 0.3 is 0 Å². The minimum Gasteiger partial charge on any atom is -0.271 e. The Hall–Kier alpha value is -1.70. The minimum absolute atomic E-state index is 0.229. The Morgan fingerprint density at radius 1 is 1.14 bits per heavy atom. The average Bonchev–Trinajstić information content (AvgIpc) is 2.93. The summed E-state index contributed by atoms with van der Waals surface area (Å²) in [6, 6.07) is 7.26. The quantitative estimate of drug-likeness (QED) is 0.593. The lowest BCUT2D eigenvalue weighted by atomic mass is 10.1. The third-order valence-electron chi connectivity index (χ3n) is 3.64. The fraction of sp³-hybridized carbons (Fsp3) is 0.267. The van der Waals surface area contributed by atoms with Crippen LogP contribution in [0.5, 0.6) is 0 Å². The summed E-state index contributed by atoms with van der Waals surface area (Å²) in [6.45, 7) is 2.28. The number of halogens is 1. The molecule has 1 aromatic heterocycles. The van der Waals surface area contributed by atoms with Crippen molar-refractivity contribution in [1.29, 1.82) is 0 Å². The summed E-state index contributed by atoms with van der Waals surface area (Å²) in [5.74, 6) is -0.460. The highest BCUT2D eigenvalue weighted by atomic mass is 127. The third kappa shape index (κ3) is 2.37. The van der Waals surface area contributed by atoms with E-state index in [-0.39, 0.29) is 18.4 Å². The largest absolute Gasteiger partial charge is 0.271 e. The summed E-state index contributed by atoms with van der Waals surface area (Å²) < 4.78 is 2.68. The van der Waals surface area contributed by atoms with Crippen LogP contribution in [0.2, 0.25) is 0 Å². The van der Waals surface area contributed by atoms with Crippen molar-refractivity contribution in [2.75, 3.05) is 0 Å². The molecule has 108 valence electrons. The zero-order valence-electron chi connectivity index (χ0n) is 11.8. The number of imide groups is 1. The molecule has 0 spiro atoms. The molecule has 6 heteroatoms. The molecule has 0 saturated carbocycles. The molecule has 2 aromatic rings. The van der Waals surface area contributed by atoms with Crippen molar-refractivity contribution in [1.82, 2.24) is 14.7 Å². The second kappa shape index (κ2) is 5.25. The first kappa shape index (κ1) is 14.2. The molecular formula is C15H14IN3O2. The SMILES string of the molecule is CCc1cc(CN2C(=O)c3ccc(I)cc3C2=O)n(C)n1. The number of hydrogen-bond acceptors (Lipinski definition) is 3. The monoisotopic (exact) mass is 395 g/mol. The van der Waals surface area contributed by atoms with E-state index in [9.17, 15) is 9.59 Å². The molecule has 5 nitrogen and oxygen atoms in total. The number of carbonyl (C=O) groups is 2. The van der Waals surface area contributed by atoms with Crippen LogP contribution < -0.4 is 0 Å². The van der Waals surface area contributed by atoms with Crippen molar-refractivity contribution >= 4 is 34.4 Å². The van der Waals surface area contributed by atoms with E-state index in [4.69, 9.17) is 0 Å². The lowest BCUT2D eigenvalue weighted by molar-refractivity contribution is 0.0639. The Morgan fingerprint density at radius 2 is 1.86 bits per heavy atom. The first-order chi connectivity index (χ1) is 10.0. The van der Waals surface area contributed by atoms with E-state index in [1.165, 1.54) is 4.90 Å². The normalized spacial score (nSPS) is 14.0. The first-order valence-electron chi connectivity index (χ1n) is 6.68. The lowest BCUT2D eigenvalue weighted by Crippen LogP contribution is -2.30. The molecule has 0 N–H and O–H groups in total. The van der Waals surface area contributed by atoms with Gasteiger partial charge in [0.25, 0.3) is 11.8 Å². The summed E-state index contributed by atoms with van der Waals surface area (Å²) in [5.41, 5.74) is 2.79. The molecule has 2 amide bonds. The molecule has 0 saturated heterocycles. The Labute approximate surface area is 136 Å². The Balaban J connectivity index is 1.93. The van der Waals surface area contributed by atoms with Crippen LogP contribution in [0, 0.1) is 3.57 Å². The predicted molar refractivity (Wildman–Crippen MR) is 85.9 cm³/mol. The van der Waals surface area contributed by atoms with Gasteiger partial charge in [-0.05, 0) is 53.3 Å². The molecule has 0 bridgehead atoms. The molecule has 1 aromatic carbocycles. The standard InChI is InChI=1S/C15H14IN3O2/c1-3-10-7-11(18(2)17-10)8-19-14(20)12-5-4-9(16)6-13(12)15(19)21/h4-7H,3,8H2,1-2H3. The van der Waals surface area contributed by atoms with Crippen molar-refractivity contribution in [2.45, 2.75) is 19.9 Å². The summed E-state index contributed by atoms with van der Waals surface area (Å²) in [5, 5.41) is 4.35. The first-order valence-corrected chi connectivity index (χ1v) is 7.76. The maximum absolute atomic E-state index is 12.4. The van der Waals surface area contributed by atoms with Crippen LogP contribution in [-0.4, -0.2) is 26.5 Å². The van der Waals surface area contributed by atoms with Crippen molar-refractivity contribution in [3.63, 3.8) is 0 Å². The Bertz CT molecular complexity index is 751. The van der Waals surface area contributed by atoms with E-state index in [2.05, 4.69) is 27.7 Å².